The van der Waals surface area contributed by atoms with Crippen LogP contribution in [-0.4, -0.2) is 42.3 Å². The van der Waals surface area contributed by atoms with Crippen molar-refractivity contribution in [1.82, 2.24) is 4.90 Å². The molecular formula is C11H24N2O. The number of morpholine rings is 1. The van der Waals surface area contributed by atoms with Gasteiger partial charge in [-0.15, -0.1) is 0 Å². The first-order chi connectivity index (χ1) is 6.37. The smallest absolute Gasteiger partial charge is 0.0648 e. The summed E-state index contributed by atoms with van der Waals surface area (Å²) in [7, 11) is 0. The SMILES string of the molecule is CCC1(C)COCCN1CC(C)(C)N. The van der Waals surface area contributed by atoms with Crippen molar-refractivity contribution >= 4 is 0 Å². The molecule has 1 atom stereocenters. The zero-order chi connectivity index (χ0) is 10.8. The summed E-state index contributed by atoms with van der Waals surface area (Å²) in [4.78, 5) is 2.47. The summed E-state index contributed by atoms with van der Waals surface area (Å²) in [6.45, 7) is 12.3. The van der Waals surface area contributed by atoms with Crippen molar-refractivity contribution in [2.24, 2.45) is 5.73 Å². The van der Waals surface area contributed by atoms with E-state index in [4.69, 9.17) is 10.5 Å². The van der Waals surface area contributed by atoms with Crippen LogP contribution in [0, 0.1) is 0 Å². The molecule has 0 radical (unpaired) electrons. The molecule has 0 aromatic heterocycles. The van der Waals surface area contributed by atoms with Crippen molar-refractivity contribution in [3.05, 3.63) is 0 Å². The van der Waals surface area contributed by atoms with E-state index in [1.807, 2.05) is 0 Å². The van der Waals surface area contributed by atoms with E-state index in [-0.39, 0.29) is 11.1 Å². The van der Waals surface area contributed by atoms with Crippen molar-refractivity contribution in [2.45, 2.75) is 45.2 Å². The number of rotatable bonds is 3. The standard InChI is InChI=1S/C11H24N2O/c1-5-11(4)9-14-7-6-13(11)8-10(2,3)12/h5-9,12H2,1-4H3. The molecule has 1 fully saturated rings. The fraction of sp³-hybridized carbons (Fsp3) is 1.00. The highest BCUT2D eigenvalue weighted by Crippen LogP contribution is 2.24. The number of nitrogens with two attached hydrogens (primary N) is 1. The zero-order valence-corrected chi connectivity index (χ0v) is 9.97. The Morgan fingerprint density at radius 3 is 2.64 bits per heavy atom. The van der Waals surface area contributed by atoms with Crippen LogP contribution < -0.4 is 5.73 Å². The van der Waals surface area contributed by atoms with Gasteiger partial charge in [0.05, 0.1) is 13.2 Å². The minimum absolute atomic E-state index is 0.117. The van der Waals surface area contributed by atoms with Gasteiger partial charge in [-0.25, -0.2) is 0 Å². The van der Waals surface area contributed by atoms with E-state index >= 15 is 0 Å². The van der Waals surface area contributed by atoms with Crippen LogP contribution in [0.5, 0.6) is 0 Å². The summed E-state index contributed by atoms with van der Waals surface area (Å²) >= 11 is 0. The Balaban J connectivity index is 2.64. The highest BCUT2D eigenvalue weighted by atomic mass is 16.5. The summed E-state index contributed by atoms with van der Waals surface area (Å²) in [6, 6.07) is 0. The van der Waals surface area contributed by atoms with Gasteiger partial charge in [0.1, 0.15) is 0 Å². The quantitative estimate of drug-likeness (QED) is 0.744. The zero-order valence-electron chi connectivity index (χ0n) is 9.97. The predicted molar refractivity (Wildman–Crippen MR) is 59.4 cm³/mol. The van der Waals surface area contributed by atoms with Gasteiger partial charge in [-0.1, -0.05) is 6.92 Å². The third kappa shape index (κ3) is 2.94. The third-order valence-electron chi connectivity index (χ3n) is 3.04. The third-order valence-corrected chi connectivity index (χ3v) is 3.04. The fourth-order valence-electron chi connectivity index (χ4n) is 1.92. The van der Waals surface area contributed by atoms with Crippen LogP contribution in [0.1, 0.15) is 34.1 Å². The molecule has 84 valence electrons. The molecule has 0 spiro atoms. The Morgan fingerprint density at radius 1 is 1.50 bits per heavy atom. The molecule has 0 amide bonds. The van der Waals surface area contributed by atoms with Crippen molar-refractivity contribution in [3.63, 3.8) is 0 Å². The molecule has 0 aliphatic carbocycles. The second-order valence-corrected chi connectivity index (χ2v) is 5.31. The molecule has 0 bridgehead atoms. The summed E-state index contributed by atoms with van der Waals surface area (Å²) in [5.41, 5.74) is 6.12. The fourth-order valence-corrected chi connectivity index (χ4v) is 1.92. The summed E-state index contributed by atoms with van der Waals surface area (Å²) < 4.78 is 5.54. The molecule has 1 saturated heterocycles. The van der Waals surface area contributed by atoms with Gasteiger partial charge in [0.15, 0.2) is 0 Å². The normalized spacial score (nSPS) is 30.6. The maximum Gasteiger partial charge on any atom is 0.0648 e. The average Bonchev–Trinajstić information content (AvgIpc) is 2.07. The number of hydrogen-bond acceptors (Lipinski definition) is 3. The first-order valence-corrected chi connectivity index (χ1v) is 5.49. The lowest BCUT2D eigenvalue weighted by Gasteiger charge is -2.46. The maximum absolute atomic E-state index is 6.06. The van der Waals surface area contributed by atoms with Crippen LogP contribution in [0.2, 0.25) is 0 Å². The highest BCUT2D eigenvalue weighted by Gasteiger charge is 2.35. The van der Waals surface area contributed by atoms with Gasteiger partial charge >= 0.3 is 0 Å². The molecule has 14 heavy (non-hydrogen) atoms. The van der Waals surface area contributed by atoms with E-state index in [1.165, 1.54) is 0 Å². The molecular weight excluding hydrogens is 176 g/mol. The second kappa shape index (κ2) is 4.17. The number of ether oxygens (including phenoxy) is 1. The van der Waals surface area contributed by atoms with Crippen LogP contribution in [0.25, 0.3) is 0 Å². The molecule has 0 aromatic rings. The first-order valence-electron chi connectivity index (χ1n) is 5.49. The molecule has 1 aliphatic rings. The van der Waals surface area contributed by atoms with Crippen LogP contribution >= 0.6 is 0 Å². The molecule has 3 heteroatoms. The summed E-state index contributed by atoms with van der Waals surface area (Å²) in [6.07, 6.45) is 1.11. The Morgan fingerprint density at radius 2 is 2.14 bits per heavy atom. The van der Waals surface area contributed by atoms with Crippen LogP contribution in [0.15, 0.2) is 0 Å². The van der Waals surface area contributed by atoms with Crippen molar-refractivity contribution in [2.75, 3.05) is 26.3 Å². The lowest BCUT2D eigenvalue weighted by atomic mass is 9.93. The Hall–Kier alpha value is -0.120. The molecule has 2 N–H and O–H groups in total. The molecule has 1 rings (SSSR count). The number of hydrogen-bond donors (Lipinski definition) is 1. The summed E-state index contributed by atoms with van der Waals surface area (Å²) in [5.74, 6) is 0. The minimum Gasteiger partial charge on any atom is -0.378 e. The van der Waals surface area contributed by atoms with Crippen molar-refractivity contribution in [1.29, 1.82) is 0 Å². The van der Waals surface area contributed by atoms with Crippen molar-refractivity contribution < 1.29 is 4.74 Å². The van der Waals surface area contributed by atoms with E-state index in [0.29, 0.717) is 0 Å². The number of nitrogens with zero attached hydrogens (tertiary/aromatic N) is 1. The largest absolute Gasteiger partial charge is 0.378 e. The Labute approximate surface area is 87.6 Å². The van der Waals surface area contributed by atoms with Crippen molar-refractivity contribution in [3.8, 4) is 0 Å². The molecule has 3 nitrogen and oxygen atoms in total. The van der Waals surface area contributed by atoms with E-state index in [2.05, 4.69) is 32.6 Å². The Kier molecular flexibility index (Phi) is 3.56. The molecule has 1 unspecified atom stereocenters. The monoisotopic (exact) mass is 200 g/mol. The van der Waals surface area contributed by atoms with E-state index in [9.17, 15) is 0 Å². The summed E-state index contributed by atoms with van der Waals surface area (Å²) in [5, 5.41) is 0. The molecule has 0 aromatic carbocycles. The average molecular weight is 200 g/mol. The first kappa shape index (κ1) is 12.0. The molecule has 1 aliphatic heterocycles. The van der Waals surface area contributed by atoms with Gasteiger partial charge in [-0.2, -0.15) is 0 Å². The molecule has 1 heterocycles. The van der Waals surface area contributed by atoms with Gasteiger partial charge in [0, 0.05) is 24.2 Å². The Bertz CT molecular complexity index is 188. The highest BCUT2D eigenvalue weighted by molar-refractivity contribution is 4.91. The molecule has 0 saturated carbocycles. The lowest BCUT2D eigenvalue weighted by molar-refractivity contribution is -0.0680. The van der Waals surface area contributed by atoms with E-state index < -0.39 is 0 Å². The lowest BCUT2D eigenvalue weighted by Crippen LogP contribution is -2.59. The maximum atomic E-state index is 6.06. The predicted octanol–water partition coefficient (Wildman–Crippen LogP) is 1.22. The van der Waals surface area contributed by atoms with Gasteiger partial charge in [-0.3, -0.25) is 4.90 Å². The van der Waals surface area contributed by atoms with Crippen LogP contribution in [0.4, 0.5) is 0 Å². The topological polar surface area (TPSA) is 38.5 Å². The van der Waals surface area contributed by atoms with Gasteiger partial charge in [0.25, 0.3) is 0 Å². The second-order valence-electron chi connectivity index (χ2n) is 5.31. The van der Waals surface area contributed by atoms with Gasteiger partial charge in [0.2, 0.25) is 0 Å². The van der Waals surface area contributed by atoms with Gasteiger partial charge in [-0.05, 0) is 27.2 Å². The van der Waals surface area contributed by atoms with Crippen LogP contribution in [-0.2, 0) is 4.74 Å². The van der Waals surface area contributed by atoms with E-state index in [0.717, 1.165) is 32.7 Å². The minimum atomic E-state index is -0.117. The van der Waals surface area contributed by atoms with E-state index in [1.54, 1.807) is 0 Å². The van der Waals surface area contributed by atoms with Crippen LogP contribution in [0.3, 0.4) is 0 Å². The van der Waals surface area contributed by atoms with Gasteiger partial charge < -0.3 is 10.5 Å².